The van der Waals surface area contributed by atoms with E-state index in [1.165, 1.54) is 19.3 Å². The summed E-state index contributed by atoms with van der Waals surface area (Å²) < 4.78 is 0. The maximum Gasteiger partial charge on any atom is 0.148 e. The van der Waals surface area contributed by atoms with Crippen molar-refractivity contribution in [1.82, 2.24) is 0 Å². The number of hydrogen-bond donors (Lipinski definition) is 0. The lowest BCUT2D eigenvalue weighted by Crippen LogP contribution is -2.30. The summed E-state index contributed by atoms with van der Waals surface area (Å²) in [6, 6.07) is 0. The van der Waals surface area contributed by atoms with E-state index in [2.05, 4.69) is 13.2 Å². The van der Waals surface area contributed by atoms with Gasteiger partial charge in [0.05, 0.1) is 5.25 Å². The standard InChI is InChI=1S/C11H20OS/c1-3-4-6-9-7-5-8-10(13-2)11(9)12/h9-10H,3-8H2,1-2H3. The third kappa shape index (κ3) is 3.01. The molecule has 0 aromatic heterocycles. The van der Waals surface area contributed by atoms with Gasteiger partial charge in [-0.25, -0.2) is 0 Å². The molecule has 1 fully saturated rings. The van der Waals surface area contributed by atoms with Crippen molar-refractivity contribution < 1.29 is 4.79 Å². The van der Waals surface area contributed by atoms with Gasteiger partial charge in [0.15, 0.2) is 0 Å². The van der Waals surface area contributed by atoms with Crippen LogP contribution in [-0.4, -0.2) is 17.3 Å². The molecule has 0 amide bonds. The van der Waals surface area contributed by atoms with Gasteiger partial charge < -0.3 is 0 Å². The van der Waals surface area contributed by atoms with E-state index in [0.29, 0.717) is 17.0 Å². The van der Waals surface area contributed by atoms with E-state index in [4.69, 9.17) is 0 Å². The van der Waals surface area contributed by atoms with E-state index < -0.39 is 0 Å². The predicted octanol–water partition coefficient (Wildman–Crippen LogP) is 3.28. The third-order valence-electron chi connectivity index (χ3n) is 2.93. The number of Topliss-reactive ketones (excluding diaryl/α,β-unsaturated/α-hetero) is 1. The van der Waals surface area contributed by atoms with Crippen LogP contribution in [0.5, 0.6) is 0 Å². The van der Waals surface area contributed by atoms with E-state index in [1.54, 1.807) is 11.8 Å². The van der Waals surface area contributed by atoms with E-state index in [0.717, 1.165) is 19.3 Å². The molecular formula is C11H20OS. The van der Waals surface area contributed by atoms with Gasteiger partial charge in [-0.1, -0.05) is 26.2 Å². The summed E-state index contributed by atoms with van der Waals surface area (Å²) >= 11 is 1.74. The molecule has 76 valence electrons. The summed E-state index contributed by atoms with van der Waals surface area (Å²) in [6.45, 7) is 2.19. The predicted molar refractivity (Wildman–Crippen MR) is 59.2 cm³/mol. The molecule has 1 rings (SSSR count). The molecule has 0 bridgehead atoms. The first-order valence-corrected chi connectivity index (χ1v) is 6.65. The molecule has 1 aliphatic rings. The summed E-state index contributed by atoms with van der Waals surface area (Å²) in [5.41, 5.74) is 0. The number of unbranched alkanes of at least 4 members (excludes halogenated alkanes) is 1. The first kappa shape index (κ1) is 11.1. The summed E-state index contributed by atoms with van der Waals surface area (Å²) in [4.78, 5) is 11.8. The zero-order valence-electron chi connectivity index (χ0n) is 8.71. The molecule has 1 nitrogen and oxygen atoms in total. The highest BCUT2D eigenvalue weighted by Crippen LogP contribution is 2.30. The highest BCUT2D eigenvalue weighted by atomic mass is 32.2. The molecule has 0 spiro atoms. The molecule has 0 aliphatic heterocycles. The fourth-order valence-corrected chi connectivity index (χ4v) is 2.90. The molecular weight excluding hydrogens is 180 g/mol. The number of carbonyl (C=O) groups excluding carboxylic acids is 1. The van der Waals surface area contributed by atoms with Crippen LogP contribution in [0.15, 0.2) is 0 Å². The minimum absolute atomic E-state index is 0.315. The lowest BCUT2D eigenvalue weighted by molar-refractivity contribution is -0.124. The van der Waals surface area contributed by atoms with Crippen LogP contribution >= 0.6 is 11.8 Å². The SMILES string of the molecule is CCCCC1CCCC(SC)C1=O. The zero-order valence-corrected chi connectivity index (χ0v) is 9.53. The minimum Gasteiger partial charge on any atom is -0.298 e. The van der Waals surface area contributed by atoms with Gasteiger partial charge in [-0.3, -0.25) is 4.79 Å². The van der Waals surface area contributed by atoms with Crippen LogP contribution in [0.25, 0.3) is 0 Å². The topological polar surface area (TPSA) is 17.1 Å². The molecule has 0 saturated heterocycles. The van der Waals surface area contributed by atoms with Crippen LogP contribution < -0.4 is 0 Å². The van der Waals surface area contributed by atoms with Gasteiger partial charge in [0, 0.05) is 5.92 Å². The average molecular weight is 200 g/mol. The van der Waals surface area contributed by atoms with Gasteiger partial charge in [0.25, 0.3) is 0 Å². The summed E-state index contributed by atoms with van der Waals surface area (Å²) in [5.74, 6) is 0.929. The molecule has 2 heteroatoms. The van der Waals surface area contributed by atoms with Gasteiger partial charge in [-0.15, -0.1) is 0 Å². The third-order valence-corrected chi connectivity index (χ3v) is 3.97. The van der Waals surface area contributed by atoms with Crippen molar-refractivity contribution in [2.24, 2.45) is 5.92 Å². The maximum absolute atomic E-state index is 11.8. The van der Waals surface area contributed by atoms with Crippen molar-refractivity contribution in [2.75, 3.05) is 6.26 Å². The Morgan fingerprint density at radius 3 is 2.85 bits per heavy atom. The summed E-state index contributed by atoms with van der Waals surface area (Å²) in [7, 11) is 0. The summed E-state index contributed by atoms with van der Waals surface area (Å²) in [6.07, 6.45) is 9.15. The van der Waals surface area contributed by atoms with Crippen molar-refractivity contribution >= 4 is 17.5 Å². The van der Waals surface area contributed by atoms with Crippen LogP contribution in [0.4, 0.5) is 0 Å². The molecule has 0 aromatic carbocycles. The van der Waals surface area contributed by atoms with Crippen LogP contribution in [0.2, 0.25) is 0 Å². The number of thioether (sulfide) groups is 1. The van der Waals surface area contributed by atoms with E-state index >= 15 is 0 Å². The smallest absolute Gasteiger partial charge is 0.148 e. The van der Waals surface area contributed by atoms with Gasteiger partial charge in [0.1, 0.15) is 5.78 Å². The molecule has 0 radical (unpaired) electrons. The van der Waals surface area contributed by atoms with E-state index in [9.17, 15) is 4.79 Å². The Morgan fingerprint density at radius 2 is 2.23 bits per heavy atom. The number of ketones is 1. The van der Waals surface area contributed by atoms with Crippen molar-refractivity contribution in [2.45, 2.75) is 50.7 Å². The van der Waals surface area contributed by atoms with Crippen molar-refractivity contribution in [3.63, 3.8) is 0 Å². The second-order valence-corrected chi connectivity index (χ2v) is 4.94. The van der Waals surface area contributed by atoms with Crippen LogP contribution in [-0.2, 0) is 4.79 Å². The Labute approximate surface area is 85.7 Å². The molecule has 1 aliphatic carbocycles. The second kappa shape index (κ2) is 5.69. The van der Waals surface area contributed by atoms with Gasteiger partial charge in [-0.05, 0) is 25.5 Å². The van der Waals surface area contributed by atoms with Crippen LogP contribution in [0, 0.1) is 5.92 Å². The zero-order chi connectivity index (χ0) is 9.68. The Hall–Kier alpha value is 0.0200. The number of carbonyl (C=O) groups is 1. The first-order valence-electron chi connectivity index (χ1n) is 5.36. The maximum atomic E-state index is 11.8. The molecule has 2 atom stereocenters. The number of hydrogen-bond acceptors (Lipinski definition) is 2. The van der Waals surface area contributed by atoms with Gasteiger partial charge in [0.2, 0.25) is 0 Å². The minimum atomic E-state index is 0.315. The molecule has 0 heterocycles. The van der Waals surface area contributed by atoms with E-state index in [1.807, 2.05) is 0 Å². The molecule has 1 saturated carbocycles. The van der Waals surface area contributed by atoms with Crippen LogP contribution in [0.1, 0.15) is 45.4 Å². The first-order chi connectivity index (χ1) is 6.29. The molecule has 0 aromatic rings. The van der Waals surface area contributed by atoms with Crippen molar-refractivity contribution in [3.05, 3.63) is 0 Å². The highest BCUT2D eigenvalue weighted by molar-refractivity contribution is 7.99. The Balaban J connectivity index is 2.40. The van der Waals surface area contributed by atoms with Gasteiger partial charge in [-0.2, -0.15) is 11.8 Å². The molecule has 13 heavy (non-hydrogen) atoms. The van der Waals surface area contributed by atoms with Crippen molar-refractivity contribution in [1.29, 1.82) is 0 Å². The van der Waals surface area contributed by atoms with Crippen LogP contribution in [0.3, 0.4) is 0 Å². The van der Waals surface area contributed by atoms with E-state index in [-0.39, 0.29) is 0 Å². The Kier molecular flexibility index (Phi) is 4.86. The molecule has 2 unspecified atom stereocenters. The molecule has 0 N–H and O–H groups in total. The lowest BCUT2D eigenvalue weighted by Gasteiger charge is -2.26. The fraction of sp³-hybridized carbons (Fsp3) is 0.909. The highest BCUT2D eigenvalue weighted by Gasteiger charge is 2.29. The van der Waals surface area contributed by atoms with Gasteiger partial charge >= 0.3 is 0 Å². The summed E-state index contributed by atoms with van der Waals surface area (Å²) in [5, 5.41) is 0.315. The largest absolute Gasteiger partial charge is 0.298 e. The fourth-order valence-electron chi connectivity index (χ4n) is 2.07. The lowest BCUT2D eigenvalue weighted by atomic mass is 9.84. The second-order valence-electron chi connectivity index (χ2n) is 3.90. The number of rotatable bonds is 4. The monoisotopic (exact) mass is 200 g/mol. The quantitative estimate of drug-likeness (QED) is 0.693. The average Bonchev–Trinajstić information content (AvgIpc) is 2.16. The van der Waals surface area contributed by atoms with Crippen molar-refractivity contribution in [3.8, 4) is 0 Å². The Morgan fingerprint density at radius 1 is 1.46 bits per heavy atom. The normalized spacial score (nSPS) is 29.2. The Bertz CT molecular complexity index is 167.